The van der Waals surface area contributed by atoms with Gasteiger partial charge in [0.05, 0.1) is 8.07 Å². The first kappa shape index (κ1) is 23.2. The summed E-state index contributed by atoms with van der Waals surface area (Å²) in [6.45, 7) is 15.5. The lowest BCUT2D eigenvalue weighted by atomic mass is 10.0. The van der Waals surface area contributed by atoms with Gasteiger partial charge in [0, 0.05) is 10.6 Å². The summed E-state index contributed by atoms with van der Waals surface area (Å²) in [7, 11) is -1.54. The lowest BCUT2D eigenvalue weighted by Crippen LogP contribution is -2.42. The maximum atomic E-state index is 6.19. The van der Waals surface area contributed by atoms with E-state index in [0.717, 1.165) is 11.4 Å². The molecule has 0 bridgehead atoms. The second-order valence-corrected chi connectivity index (χ2v) is 13.0. The van der Waals surface area contributed by atoms with Gasteiger partial charge < -0.3 is 0 Å². The Morgan fingerprint density at radius 1 is 0.962 bits per heavy atom. The minimum Gasteiger partial charge on any atom is -0.103 e. The van der Waals surface area contributed by atoms with Gasteiger partial charge in [-0.3, -0.25) is 0 Å². The van der Waals surface area contributed by atoms with Crippen molar-refractivity contribution in [1.82, 2.24) is 0 Å². The topological polar surface area (TPSA) is 0 Å². The van der Waals surface area contributed by atoms with Gasteiger partial charge in [-0.2, -0.15) is 0 Å². The molecule has 0 heterocycles. The van der Waals surface area contributed by atoms with Gasteiger partial charge >= 0.3 is 0 Å². The van der Waals surface area contributed by atoms with Gasteiger partial charge in [-0.15, -0.1) is 6.58 Å². The maximum absolute atomic E-state index is 6.19. The predicted octanol–water partition coefficient (Wildman–Crippen LogP) is 8.94. The Labute approximate surface area is 168 Å². The van der Waals surface area contributed by atoms with E-state index in [1.807, 2.05) is 6.08 Å². The quantitative estimate of drug-likeness (QED) is 0.219. The highest BCUT2D eigenvalue weighted by molar-refractivity contribution is 6.81. The fraction of sp³-hybridized carbons (Fsp3) is 0.583. The summed E-state index contributed by atoms with van der Waals surface area (Å²) in [6.07, 6.45) is 10.9. The molecule has 0 N–H and O–H groups in total. The summed E-state index contributed by atoms with van der Waals surface area (Å²) in [4.78, 5) is 0. The standard InChI is InChI=1S/C24H39ClSi/c1-6-10-18-26(19-11-7-2,20-12-8-3)24(21(5)13-9-4)22-14-16-23(25)17-15-22/h9,14-17,24H,4-8,10-13,18-20H2,1-3H3. The molecule has 0 aromatic heterocycles. The molecule has 0 saturated heterocycles. The summed E-state index contributed by atoms with van der Waals surface area (Å²) in [5, 5.41) is 0.824. The first-order valence-electron chi connectivity index (χ1n) is 10.6. The lowest BCUT2D eigenvalue weighted by molar-refractivity contribution is 0.763. The zero-order valence-corrected chi connectivity index (χ0v) is 19.1. The van der Waals surface area contributed by atoms with E-state index in [-0.39, 0.29) is 0 Å². The zero-order chi connectivity index (χ0) is 19.4. The second-order valence-electron chi connectivity index (χ2n) is 7.81. The van der Waals surface area contributed by atoms with Crippen molar-refractivity contribution in [1.29, 1.82) is 0 Å². The Bertz CT molecular complexity index is 510. The third kappa shape index (κ3) is 6.74. The van der Waals surface area contributed by atoms with Gasteiger partial charge in [0.15, 0.2) is 0 Å². The van der Waals surface area contributed by atoms with Crippen LogP contribution in [0.1, 0.15) is 76.8 Å². The molecule has 0 aliphatic carbocycles. The Morgan fingerprint density at radius 3 is 1.81 bits per heavy atom. The van der Waals surface area contributed by atoms with E-state index in [4.69, 9.17) is 11.6 Å². The summed E-state index contributed by atoms with van der Waals surface area (Å²) in [6, 6.07) is 12.9. The number of rotatable bonds is 14. The summed E-state index contributed by atoms with van der Waals surface area (Å²) >= 11 is 6.19. The van der Waals surface area contributed by atoms with Crippen molar-refractivity contribution in [2.75, 3.05) is 0 Å². The van der Waals surface area contributed by atoms with Crippen LogP contribution in [-0.2, 0) is 0 Å². The van der Waals surface area contributed by atoms with Crippen molar-refractivity contribution in [2.24, 2.45) is 0 Å². The van der Waals surface area contributed by atoms with Crippen molar-refractivity contribution >= 4 is 19.7 Å². The van der Waals surface area contributed by atoms with Crippen molar-refractivity contribution in [2.45, 2.75) is 89.4 Å². The molecule has 2 heteroatoms. The summed E-state index contributed by atoms with van der Waals surface area (Å²) < 4.78 is 0. The number of benzene rings is 1. The zero-order valence-electron chi connectivity index (χ0n) is 17.3. The molecule has 0 nitrogen and oxygen atoms in total. The molecule has 146 valence electrons. The Hall–Kier alpha value is -0.793. The molecule has 0 aliphatic rings. The van der Waals surface area contributed by atoms with Gasteiger partial charge in [-0.05, 0) is 24.1 Å². The van der Waals surface area contributed by atoms with Gasteiger partial charge in [-0.25, -0.2) is 0 Å². The van der Waals surface area contributed by atoms with E-state index in [9.17, 15) is 0 Å². The summed E-state index contributed by atoms with van der Waals surface area (Å²) in [5.74, 6) is 0. The summed E-state index contributed by atoms with van der Waals surface area (Å²) in [5.41, 5.74) is 3.34. The highest BCUT2D eigenvalue weighted by Crippen LogP contribution is 2.45. The second kappa shape index (κ2) is 12.6. The molecule has 26 heavy (non-hydrogen) atoms. The van der Waals surface area contributed by atoms with E-state index in [1.54, 1.807) is 0 Å². The number of halogens is 1. The van der Waals surface area contributed by atoms with Crippen molar-refractivity contribution in [3.63, 3.8) is 0 Å². The van der Waals surface area contributed by atoms with E-state index < -0.39 is 8.07 Å². The minimum absolute atomic E-state index is 0.530. The fourth-order valence-corrected chi connectivity index (χ4v) is 11.2. The molecule has 0 aliphatic heterocycles. The molecule has 1 rings (SSSR count). The van der Waals surface area contributed by atoms with E-state index >= 15 is 0 Å². The normalized spacial score (nSPS) is 12.8. The molecule has 1 aromatic carbocycles. The van der Waals surface area contributed by atoms with Crippen LogP contribution in [0, 0.1) is 0 Å². The van der Waals surface area contributed by atoms with Crippen LogP contribution in [-0.4, -0.2) is 8.07 Å². The highest BCUT2D eigenvalue weighted by atomic mass is 35.5. The molecule has 0 saturated carbocycles. The van der Waals surface area contributed by atoms with Crippen LogP contribution >= 0.6 is 11.6 Å². The fourth-order valence-electron chi connectivity index (χ4n) is 4.38. The number of allylic oxidation sites excluding steroid dienone is 2. The SMILES string of the molecule is C=CCC(=C)C(c1ccc(Cl)cc1)[Si](CCCC)(CCCC)CCCC. The van der Waals surface area contributed by atoms with Crippen molar-refractivity contribution in [3.05, 3.63) is 59.7 Å². The van der Waals surface area contributed by atoms with Gasteiger partial charge in [-0.1, -0.05) is 119 Å². The van der Waals surface area contributed by atoms with Gasteiger partial charge in [0.25, 0.3) is 0 Å². The maximum Gasteiger partial charge on any atom is 0.0660 e. The number of hydrogen-bond acceptors (Lipinski definition) is 0. The average molecular weight is 391 g/mol. The third-order valence-corrected chi connectivity index (χ3v) is 12.0. The van der Waals surface area contributed by atoms with E-state index in [1.165, 1.54) is 67.8 Å². The largest absolute Gasteiger partial charge is 0.103 e. The molecular formula is C24H39ClSi. The van der Waals surface area contributed by atoms with E-state index in [0.29, 0.717) is 5.54 Å². The van der Waals surface area contributed by atoms with Crippen LogP contribution < -0.4 is 0 Å². The van der Waals surface area contributed by atoms with Gasteiger partial charge in [0.1, 0.15) is 0 Å². The van der Waals surface area contributed by atoms with Crippen molar-refractivity contribution < 1.29 is 0 Å². The molecule has 0 amide bonds. The van der Waals surface area contributed by atoms with Crippen LogP contribution in [0.4, 0.5) is 0 Å². The van der Waals surface area contributed by atoms with Gasteiger partial charge in [0.2, 0.25) is 0 Å². The first-order chi connectivity index (χ1) is 12.5. The van der Waals surface area contributed by atoms with E-state index in [2.05, 4.69) is 58.2 Å². The average Bonchev–Trinajstić information content (AvgIpc) is 2.64. The van der Waals surface area contributed by atoms with Crippen LogP contribution in [0.2, 0.25) is 23.2 Å². The monoisotopic (exact) mass is 390 g/mol. The molecule has 1 aromatic rings. The molecule has 0 radical (unpaired) electrons. The Morgan fingerprint density at radius 2 is 1.42 bits per heavy atom. The Kier molecular flexibility index (Phi) is 11.2. The van der Waals surface area contributed by atoms with Crippen LogP contribution in [0.3, 0.4) is 0 Å². The lowest BCUT2D eigenvalue weighted by Gasteiger charge is -2.41. The molecular weight excluding hydrogens is 352 g/mol. The molecule has 1 unspecified atom stereocenters. The Balaban J connectivity index is 3.40. The van der Waals surface area contributed by atoms with Crippen molar-refractivity contribution in [3.8, 4) is 0 Å². The molecule has 1 atom stereocenters. The highest BCUT2D eigenvalue weighted by Gasteiger charge is 2.41. The minimum atomic E-state index is -1.54. The molecule has 0 spiro atoms. The predicted molar refractivity (Wildman–Crippen MR) is 123 cm³/mol. The first-order valence-corrected chi connectivity index (χ1v) is 13.7. The third-order valence-electron chi connectivity index (χ3n) is 5.72. The smallest absolute Gasteiger partial charge is 0.0660 e. The van der Waals surface area contributed by atoms with Crippen LogP contribution in [0.25, 0.3) is 0 Å². The number of hydrogen-bond donors (Lipinski definition) is 0. The number of unbranched alkanes of at least 4 members (excludes halogenated alkanes) is 3. The van der Waals surface area contributed by atoms with Crippen LogP contribution in [0.15, 0.2) is 49.1 Å². The molecule has 0 fully saturated rings. The van der Waals surface area contributed by atoms with Crippen LogP contribution in [0.5, 0.6) is 0 Å².